The molecule has 1 saturated carbocycles. The Labute approximate surface area is 156 Å². The van der Waals surface area contributed by atoms with Crippen LogP contribution in [0.2, 0.25) is 0 Å². The number of piperidine rings is 1. The molecule has 2 aliphatic rings. The minimum atomic E-state index is -0.586. The van der Waals surface area contributed by atoms with Gasteiger partial charge < -0.3 is 19.5 Å². The fourth-order valence-electron chi connectivity index (χ4n) is 3.76. The van der Waals surface area contributed by atoms with Gasteiger partial charge in [0.05, 0.1) is 24.3 Å². The first kappa shape index (κ1) is 17.9. The van der Waals surface area contributed by atoms with Crippen LogP contribution in [0.1, 0.15) is 25.7 Å². The molecule has 2 aromatic rings. The maximum atomic E-state index is 14.1. The molecule has 1 saturated heterocycles. The van der Waals surface area contributed by atoms with E-state index in [0.29, 0.717) is 5.52 Å². The predicted octanol–water partition coefficient (Wildman–Crippen LogP) is 1.29. The van der Waals surface area contributed by atoms with Gasteiger partial charge in [-0.1, -0.05) is 0 Å². The minimum absolute atomic E-state index is 0.0155. The largest absolute Gasteiger partial charge is 0.494 e. The number of methoxy groups -OCH3 is 1. The molecule has 1 aromatic carbocycles. The molecule has 0 spiro atoms. The van der Waals surface area contributed by atoms with Crippen LogP contribution in [-0.2, 0) is 11.3 Å². The predicted molar refractivity (Wildman–Crippen MR) is 98.3 cm³/mol. The van der Waals surface area contributed by atoms with Crippen molar-refractivity contribution in [2.24, 2.45) is 0 Å². The van der Waals surface area contributed by atoms with Crippen LogP contribution in [0.4, 0.5) is 4.39 Å². The fourth-order valence-corrected chi connectivity index (χ4v) is 3.76. The van der Waals surface area contributed by atoms with Gasteiger partial charge >= 0.3 is 0 Å². The van der Waals surface area contributed by atoms with E-state index < -0.39 is 11.4 Å². The van der Waals surface area contributed by atoms with Gasteiger partial charge in [-0.15, -0.1) is 0 Å². The zero-order chi connectivity index (χ0) is 19.0. The summed E-state index contributed by atoms with van der Waals surface area (Å²) in [7, 11) is 1.33. The summed E-state index contributed by atoms with van der Waals surface area (Å²) < 4.78 is 20.5. The number of halogens is 1. The van der Waals surface area contributed by atoms with Gasteiger partial charge in [0, 0.05) is 31.2 Å². The van der Waals surface area contributed by atoms with Gasteiger partial charge in [-0.2, -0.15) is 4.98 Å². The highest BCUT2D eigenvalue weighted by Gasteiger charge is 2.32. The van der Waals surface area contributed by atoms with Crippen LogP contribution in [0.25, 0.3) is 10.9 Å². The molecule has 1 aliphatic heterocycles. The van der Waals surface area contributed by atoms with Gasteiger partial charge in [0.25, 0.3) is 5.56 Å². The lowest BCUT2D eigenvalue weighted by Crippen LogP contribution is -2.46. The molecule has 2 heterocycles. The molecule has 1 amide bonds. The van der Waals surface area contributed by atoms with Crippen molar-refractivity contribution >= 4 is 16.8 Å². The Morgan fingerprint density at radius 1 is 1.30 bits per heavy atom. The highest BCUT2D eigenvalue weighted by molar-refractivity contribution is 5.82. The Morgan fingerprint density at radius 3 is 2.70 bits per heavy atom. The lowest BCUT2D eigenvalue weighted by molar-refractivity contribution is -0.122. The molecule has 1 N–H and O–H groups in total. The normalized spacial score (nSPS) is 18.6. The van der Waals surface area contributed by atoms with Gasteiger partial charge in [0.2, 0.25) is 5.91 Å². The Balaban J connectivity index is 1.46. The van der Waals surface area contributed by atoms with E-state index in [4.69, 9.17) is 4.74 Å². The second-order valence-electron chi connectivity index (χ2n) is 7.29. The summed E-state index contributed by atoms with van der Waals surface area (Å²) in [5.74, 6) is -0.772. The number of likely N-dealkylation sites (tertiary alicyclic amines) is 1. The van der Waals surface area contributed by atoms with Crippen LogP contribution >= 0.6 is 0 Å². The number of hydrogen-bond donors (Lipinski definition) is 1. The zero-order valence-corrected chi connectivity index (χ0v) is 15.3. The van der Waals surface area contributed by atoms with E-state index in [1.807, 2.05) is 0 Å². The van der Waals surface area contributed by atoms with Crippen LogP contribution in [0.3, 0.4) is 0 Å². The molecule has 0 unspecified atom stereocenters. The van der Waals surface area contributed by atoms with Gasteiger partial charge in [-0.3, -0.25) is 9.59 Å². The van der Waals surface area contributed by atoms with E-state index in [1.165, 1.54) is 43.0 Å². The number of nitrogens with one attached hydrogen (secondary N) is 1. The lowest BCUT2D eigenvalue weighted by Gasteiger charge is -2.32. The lowest BCUT2D eigenvalue weighted by atomic mass is 10.0. The van der Waals surface area contributed by atoms with Crippen molar-refractivity contribution in [1.29, 1.82) is 0 Å². The Morgan fingerprint density at radius 2 is 2.04 bits per heavy atom. The Hall–Kier alpha value is -2.48. The number of amides is 1. The minimum Gasteiger partial charge on any atom is -0.494 e. The van der Waals surface area contributed by atoms with Crippen LogP contribution in [0.15, 0.2) is 23.3 Å². The van der Waals surface area contributed by atoms with E-state index in [0.717, 1.165) is 32.0 Å². The molecule has 0 radical (unpaired) electrons. The molecule has 7 nitrogen and oxygen atoms in total. The average molecular weight is 374 g/mol. The molecule has 0 atom stereocenters. The van der Waals surface area contributed by atoms with Crippen molar-refractivity contribution in [3.63, 3.8) is 0 Å². The number of rotatable bonds is 5. The molecule has 1 aliphatic carbocycles. The van der Waals surface area contributed by atoms with Crippen molar-refractivity contribution in [2.75, 3.05) is 20.2 Å². The molecule has 0 bridgehead atoms. The standard InChI is InChI=1S/C19H23FN4O3/c1-27-17-8-14-16(9-15(17)20)24(11-21-19(14)26)10-18(25)22-12-4-6-23(7-5-12)13-2-3-13/h8-9,11-13H,2-7,10H2,1H3,(H,22,25). The summed E-state index contributed by atoms with van der Waals surface area (Å²) in [6.45, 7) is 2.02. The maximum Gasteiger partial charge on any atom is 0.280 e. The first-order chi connectivity index (χ1) is 13.0. The first-order valence-electron chi connectivity index (χ1n) is 9.31. The third-order valence-electron chi connectivity index (χ3n) is 5.40. The SMILES string of the molecule is COc1cc2c(=O)ncn(CC(=O)NC3CCN(C4CC4)CC3)c2cc1F. The second-order valence-corrected chi connectivity index (χ2v) is 7.29. The van der Waals surface area contributed by atoms with Crippen LogP contribution in [-0.4, -0.2) is 52.6 Å². The quantitative estimate of drug-likeness (QED) is 0.853. The highest BCUT2D eigenvalue weighted by Crippen LogP contribution is 2.29. The summed E-state index contributed by atoms with van der Waals surface area (Å²) in [4.78, 5) is 30.8. The van der Waals surface area contributed by atoms with Gasteiger partial charge in [0.15, 0.2) is 11.6 Å². The maximum absolute atomic E-state index is 14.1. The summed E-state index contributed by atoms with van der Waals surface area (Å²) in [6, 6.07) is 3.44. The van der Waals surface area contributed by atoms with E-state index in [2.05, 4.69) is 15.2 Å². The molecule has 144 valence electrons. The highest BCUT2D eigenvalue weighted by atomic mass is 19.1. The summed E-state index contributed by atoms with van der Waals surface area (Å²) in [6.07, 6.45) is 5.76. The van der Waals surface area contributed by atoms with Crippen molar-refractivity contribution in [3.8, 4) is 5.75 Å². The fraction of sp³-hybridized carbons (Fsp3) is 0.526. The summed E-state index contributed by atoms with van der Waals surface area (Å²) >= 11 is 0. The Bertz CT molecular complexity index is 917. The number of carbonyl (C=O) groups excluding carboxylic acids is 1. The van der Waals surface area contributed by atoms with Crippen molar-refractivity contribution in [3.05, 3.63) is 34.6 Å². The van der Waals surface area contributed by atoms with Crippen molar-refractivity contribution in [1.82, 2.24) is 19.8 Å². The number of nitrogens with zero attached hydrogens (tertiary/aromatic N) is 3. The number of ether oxygens (including phenoxy) is 1. The van der Waals surface area contributed by atoms with Crippen molar-refractivity contribution < 1.29 is 13.9 Å². The second kappa shape index (κ2) is 7.26. The monoisotopic (exact) mass is 374 g/mol. The molecule has 2 fully saturated rings. The van der Waals surface area contributed by atoms with E-state index >= 15 is 0 Å². The van der Waals surface area contributed by atoms with E-state index in [9.17, 15) is 14.0 Å². The molecule has 1 aromatic heterocycles. The summed E-state index contributed by atoms with van der Waals surface area (Å²) in [5, 5.41) is 3.28. The van der Waals surface area contributed by atoms with Crippen LogP contribution in [0.5, 0.6) is 5.75 Å². The topological polar surface area (TPSA) is 76.5 Å². The number of carbonyl (C=O) groups is 1. The van der Waals surface area contributed by atoms with E-state index in [-0.39, 0.29) is 29.6 Å². The van der Waals surface area contributed by atoms with Gasteiger partial charge in [-0.25, -0.2) is 4.39 Å². The summed E-state index contributed by atoms with van der Waals surface area (Å²) in [5.41, 5.74) is -0.153. The van der Waals surface area contributed by atoms with Gasteiger partial charge in [0.1, 0.15) is 6.54 Å². The van der Waals surface area contributed by atoms with Crippen molar-refractivity contribution in [2.45, 2.75) is 44.3 Å². The third kappa shape index (κ3) is 3.80. The van der Waals surface area contributed by atoms with E-state index in [1.54, 1.807) is 0 Å². The molecular formula is C19H23FN4O3. The molecule has 4 rings (SSSR count). The average Bonchev–Trinajstić information content (AvgIpc) is 3.49. The molecular weight excluding hydrogens is 351 g/mol. The number of fused-ring (bicyclic) bond motifs is 1. The zero-order valence-electron chi connectivity index (χ0n) is 15.3. The Kier molecular flexibility index (Phi) is 4.82. The molecule has 8 heteroatoms. The van der Waals surface area contributed by atoms with Crippen LogP contribution in [0, 0.1) is 5.82 Å². The van der Waals surface area contributed by atoms with Gasteiger partial charge in [-0.05, 0) is 31.7 Å². The number of hydrogen-bond acceptors (Lipinski definition) is 5. The number of aromatic nitrogens is 2. The first-order valence-corrected chi connectivity index (χ1v) is 9.31. The van der Waals surface area contributed by atoms with Crippen LogP contribution < -0.4 is 15.6 Å². The number of benzene rings is 1. The smallest absolute Gasteiger partial charge is 0.280 e. The third-order valence-corrected chi connectivity index (χ3v) is 5.40. The molecule has 27 heavy (non-hydrogen) atoms.